The van der Waals surface area contributed by atoms with Crippen molar-refractivity contribution in [3.63, 3.8) is 0 Å². The van der Waals surface area contributed by atoms with Gasteiger partial charge in [-0.25, -0.2) is 4.98 Å². The lowest BCUT2D eigenvalue weighted by Crippen LogP contribution is -2.02. The van der Waals surface area contributed by atoms with E-state index in [1.165, 1.54) is 12.3 Å². The van der Waals surface area contributed by atoms with E-state index in [1.54, 1.807) is 24.3 Å². The number of carbonyl (C=O) groups excluding carboxylic acids is 1. The summed E-state index contributed by atoms with van der Waals surface area (Å²) in [4.78, 5) is 16.8. The van der Waals surface area contributed by atoms with Crippen LogP contribution in [0.4, 0.5) is 0 Å². The number of ketones is 1. The second-order valence-corrected chi connectivity index (χ2v) is 5.02. The number of hydrogen-bond donors (Lipinski definition) is 1. The van der Waals surface area contributed by atoms with Gasteiger partial charge in [-0.15, -0.1) is 0 Å². The molecule has 22 heavy (non-hydrogen) atoms. The van der Waals surface area contributed by atoms with Gasteiger partial charge >= 0.3 is 0 Å². The number of phenols is 1. The Morgan fingerprint density at radius 3 is 2.64 bits per heavy atom. The normalized spacial score (nSPS) is 11.1. The SMILES string of the molecule is O=C(c1cnc2oc3ccccc3c2c1)c1ccccc1O. The number of furan rings is 1. The van der Waals surface area contributed by atoms with Crippen LogP contribution in [0.25, 0.3) is 22.1 Å². The summed E-state index contributed by atoms with van der Waals surface area (Å²) in [5, 5.41) is 11.5. The molecule has 2 heterocycles. The van der Waals surface area contributed by atoms with Gasteiger partial charge < -0.3 is 9.52 Å². The van der Waals surface area contributed by atoms with Crippen LogP contribution >= 0.6 is 0 Å². The number of rotatable bonds is 2. The highest BCUT2D eigenvalue weighted by Crippen LogP contribution is 2.28. The Bertz CT molecular complexity index is 1020. The summed E-state index contributed by atoms with van der Waals surface area (Å²) in [6, 6.07) is 15.8. The Hall–Kier alpha value is -3.14. The summed E-state index contributed by atoms with van der Waals surface area (Å²) < 4.78 is 5.64. The molecule has 4 nitrogen and oxygen atoms in total. The van der Waals surface area contributed by atoms with Crippen LogP contribution in [0, 0.1) is 0 Å². The second kappa shape index (κ2) is 4.70. The maximum Gasteiger partial charge on any atom is 0.227 e. The Balaban J connectivity index is 1.91. The lowest BCUT2D eigenvalue weighted by atomic mass is 10.0. The van der Waals surface area contributed by atoms with Crippen LogP contribution in [0.5, 0.6) is 5.75 Å². The first-order chi connectivity index (χ1) is 10.7. The van der Waals surface area contributed by atoms with Gasteiger partial charge in [0.05, 0.1) is 5.56 Å². The van der Waals surface area contributed by atoms with E-state index >= 15 is 0 Å². The molecular formula is C18H11NO3. The minimum absolute atomic E-state index is 0.0374. The van der Waals surface area contributed by atoms with Gasteiger partial charge in [-0.05, 0) is 24.3 Å². The van der Waals surface area contributed by atoms with E-state index in [4.69, 9.17) is 4.42 Å². The standard InChI is InChI=1S/C18H11NO3/c20-15-7-3-1-6-13(15)17(21)11-9-14-12-5-2-4-8-16(12)22-18(14)19-10-11/h1-10,20H. The van der Waals surface area contributed by atoms with Crippen molar-refractivity contribution >= 4 is 27.9 Å². The first kappa shape index (κ1) is 12.6. The van der Waals surface area contributed by atoms with E-state index in [9.17, 15) is 9.90 Å². The molecule has 0 radical (unpaired) electrons. The third kappa shape index (κ3) is 1.85. The van der Waals surface area contributed by atoms with Crippen LogP contribution in [0.15, 0.2) is 65.2 Å². The van der Waals surface area contributed by atoms with Crippen molar-refractivity contribution in [1.82, 2.24) is 4.98 Å². The predicted molar refractivity (Wildman–Crippen MR) is 83.1 cm³/mol. The Morgan fingerprint density at radius 2 is 1.77 bits per heavy atom. The van der Waals surface area contributed by atoms with Crippen molar-refractivity contribution < 1.29 is 14.3 Å². The first-order valence-electron chi connectivity index (χ1n) is 6.84. The van der Waals surface area contributed by atoms with Gasteiger partial charge in [-0.3, -0.25) is 4.79 Å². The number of benzene rings is 2. The van der Waals surface area contributed by atoms with Crippen LogP contribution in [-0.4, -0.2) is 15.9 Å². The van der Waals surface area contributed by atoms with Crippen LogP contribution in [0.2, 0.25) is 0 Å². The highest BCUT2D eigenvalue weighted by Gasteiger charge is 2.16. The minimum Gasteiger partial charge on any atom is -0.507 e. The number of nitrogens with zero attached hydrogens (tertiary/aromatic N) is 1. The summed E-state index contributed by atoms with van der Waals surface area (Å²) in [5.41, 5.74) is 1.91. The van der Waals surface area contributed by atoms with Crippen LogP contribution in [0.1, 0.15) is 15.9 Å². The molecule has 0 aliphatic rings. The van der Waals surface area contributed by atoms with Gasteiger partial charge in [0.1, 0.15) is 11.3 Å². The van der Waals surface area contributed by atoms with Gasteiger partial charge in [0, 0.05) is 22.5 Å². The molecule has 4 aromatic rings. The largest absolute Gasteiger partial charge is 0.507 e. The van der Waals surface area contributed by atoms with Crippen LogP contribution < -0.4 is 0 Å². The summed E-state index contributed by atoms with van der Waals surface area (Å²) >= 11 is 0. The van der Waals surface area contributed by atoms with Crippen molar-refractivity contribution in [3.8, 4) is 5.75 Å². The average molecular weight is 289 g/mol. The molecule has 2 aromatic heterocycles. The molecule has 0 atom stereocenters. The van der Waals surface area contributed by atoms with Gasteiger partial charge in [0.15, 0.2) is 5.78 Å². The second-order valence-electron chi connectivity index (χ2n) is 5.02. The zero-order chi connectivity index (χ0) is 15.1. The Kier molecular flexibility index (Phi) is 2.69. The van der Waals surface area contributed by atoms with E-state index in [0.717, 1.165) is 16.4 Å². The molecule has 0 bridgehead atoms. The molecule has 0 saturated carbocycles. The maximum atomic E-state index is 12.5. The number of aromatic nitrogens is 1. The van der Waals surface area contributed by atoms with Crippen molar-refractivity contribution in [1.29, 1.82) is 0 Å². The molecule has 4 heteroatoms. The van der Waals surface area contributed by atoms with Crippen molar-refractivity contribution in [2.45, 2.75) is 0 Å². The fourth-order valence-electron chi connectivity index (χ4n) is 2.55. The highest BCUT2D eigenvalue weighted by molar-refractivity contribution is 6.13. The quantitative estimate of drug-likeness (QED) is 0.568. The van der Waals surface area contributed by atoms with E-state index in [-0.39, 0.29) is 17.1 Å². The lowest BCUT2D eigenvalue weighted by molar-refractivity contribution is 0.103. The average Bonchev–Trinajstić information content (AvgIpc) is 2.92. The molecule has 0 aliphatic heterocycles. The Morgan fingerprint density at radius 1 is 1.00 bits per heavy atom. The van der Waals surface area contributed by atoms with E-state index in [0.29, 0.717) is 11.3 Å². The van der Waals surface area contributed by atoms with E-state index < -0.39 is 0 Å². The zero-order valence-electron chi connectivity index (χ0n) is 11.5. The Labute approximate surface area is 125 Å². The van der Waals surface area contributed by atoms with Gasteiger partial charge in [-0.2, -0.15) is 0 Å². The number of aromatic hydroxyl groups is 1. The zero-order valence-corrected chi connectivity index (χ0v) is 11.5. The number of fused-ring (bicyclic) bond motifs is 3. The summed E-state index contributed by atoms with van der Waals surface area (Å²) in [5.74, 6) is -0.303. The number of phenolic OH excluding ortho intramolecular Hbond substituents is 1. The molecule has 0 unspecified atom stereocenters. The third-order valence-corrected chi connectivity index (χ3v) is 3.65. The third-order valence-electron chi connectivity index (χ3n) is 3.65. The molecule has 0 fully saturated rings. The van der Waals surface area contributed by atoms with Crippen molar-refractivity contribution in [2.24, 2.45) is 0 Å². The molecule has 0 spiro atoms. The topological polar surface area (TPSA) is 63.3 Å². The monoisotopic (exact) mass is 289 g/mol. The molecule has 2 aromatic carbocycles. The molecule has 0 saturated heterocycles. The van der Waals surface area contributed by atoms with E-state index in [1.807, 2.05) is 24.3 Å². The highest BCUT2D eigenvalue weighted by atomic mass is 16.3. The summed E-state index contributed by atoms with van der Waals surface area (Å²) in [6.45, 7) is 0. The number of pyridine rings is 1. The predicted octanol–water partition coefficient (Wildman–Crippen LogP) is 3.92. The summed E-state index contributed by atoms with van der Waals surface area (Å²) in [7, 11) is 0. The summed E-state index contributed by atoms with van der Waals surface area (Å²) in [6.07, 6.45) is 1.47. The smallest absolute Gasteiger partial charge is 0.227 e. The molecule has 0 aliphatic carbocycles. The minimum atomic E-state index is -0.266. The molecule has 1 N–H and O–H groups in total. The number of hydrogen-bond acceptors (Lipinski definition) is 4. The maximum absolute atomic E-state index is 12.5. The van der Waals surface area contributed by atoms with Crippen molar-refractivity contribution in [3.05, 3.63) is 71.9 Å². The fraction of sp³-hybridized carbons (Fsp3) is 0. The van der Waals surface area contributed by atoms with Crippen molar-refractivity contribution in [2.75, 3.05) is 0 Å². The van der Waals surface area contributed by atoms with Crippen LogP contribution in [-0.2, 0) is 0 Å². The number of carbonyl (C=O) groups is 1. The molecule has 4 rings (SSSR count). The number of para-hydroxylation sites is 2. The van der Waals surface area contributed by atoms with E-state index in [2.05, 4.69) is 4.98 Å². The first-order valence-corrected chi connectivity index (χ1v) is 6.84. The lowest BCUT2D eigenvalue weighted by Gasteiger charge is -2.03. The molecular weight excluding hydrogens is 278 g/mol. The molecule has 106 valence electrons. The molecule has 0 amide bonds. The van der Waals surface area contributed by atoms with Crippen LogP contribution in [0.3, 0.4) is 0 Å². The van der Waals surface area contributed by atoms with Gasteiger partial charge in [-0.1, -0.05) is 30.3 Å². The van der Waals surface area contributed by atoms with Gasteiger partial charge in [0.25, 0.3) is 0 Å². The fourth-order valence-corrected chi connectivity index (χ4v) is 2.55. The van der Waals surface area contributed by atoms with Gasteiger partial charge in [0.2, 0.25) is 5.71 Å².